The monoisotopic (exact) mass is 586 g/mol. The number of aliphatic hydroxyl groups is 1. The normalized spacial score (nSPS) is 40.5. The second kappa shape index (κ2) is 10.7. The molecule has 2 N–H and O–H groups in total. The summed E-state index contributed by atoms with van der Waals surface area (Å²) in [5, 5.41) is 20.6. The number of carboxylic acids is 1. The highest BCUT2D eigenvalue weighted by Crippen LogP contribution is 2.73. The van der Waals surface area contributed by atoms with Crippen LogP contribution in [-0.4, -0.2) is 57.5 Å². The number of allylic oxidation sites excluding steroid dienone is 2. The number of Topliss-reactive ketones (excluding diaryl/α,β-unsaturated/α-hetero) is 1. The van der Waals surface area contributed by atoms with E-state index in [1.54, 1.807) is 26.8 Å². The average molecular weight is 587 g/mol. The summed E-state index contributed by atoms with van der Waals surface area (Å²) in [6.45, 7) is 13.6. The Hall–Kier alpha value is -2.81. The van der Waals surface area contributed by atoms with Crippen LogP contribution >= 0.6 is 0 Å². The van der Waals surface area contributed by atoms with Gasteiger partial charge in [0.2, 0.25) is 0 Å². The number of aliphatic carboxylic acids is 1. The van der Waals surface area contributed by atoms with Gasteiger partial charge in [-0.2, -0.15) is 0 Å². The summed E-state index contributed by atoms with van der Waals surface area (Å²) in [5.41, 5.74) is -2.80. The van der Waals surface area contributed by atoms with Gasteiger partial charge in [-0.3, -0.25) is 19.2 Å². The maximum atomic E-state index is 14.8. The van der Waals surface area contributed by atoms with Gasteiger partial charge in [-0.15, -0.1) is 0 Å². The predicted molar refractivity (Wildman–Crippen MR) is 153 cm³/mol. The first-order valence-electron chi connectivity index (χ1n) is 15.1. The smallest absolute Gasteiger partial charge is 0.331 e. The molecular weight excluding hydrogens is 540 g/mol. The molecule has 0 saturated heterocycles. The second-order valence-electron chi connectivity index (χ2n) is 14.3. The first kappa shape index (κ1) is 32.1. The molecule has 0 aliphatic heterocycles. The Bertz CT molecular complexity index is 1250. The van der Waals surface area contributed by atoms with Gasteiger partial charge in [-0.25, -0.2) is 4.79 Å². The van der Waals surface area contributed by atoms with Gasteiger partial charge in [0.15, 0.2) is 17.7 Å². The number of esters is 2. The molecule has 0 amide bonds. The van der Waals surface area contributed by atoms with Gasteiger partial charge >= 0.3 is 17.9 Å². The third kappa shape index (κ3) is 4.95. The van der Waals surface area contributed by atoms with Gasteiger partial charge < -0.3 is 19.7 Å². The summed E-state index contributed by atoms with van der Waals surface area (Å²) in [5.74, 6) is -4.24. The standard InChI is InChI=1S/C33H46O9/c1-17-22(36)13-15-31(6)24-12-11-21-25(20(29(38)39)10-9-14-30(4,5)40)23(41-18(2)34)16-32(21,7)33(24,8)28(37)27(26(17)31)42-19(3)35/h13,15,17,21,23-24,26-27,40H,9-12,14,16H2,1-8H3,(H,38,39). The van der Waals surface area contributed by atoms with E-state index in [9.17, 15) is 34.2 Å². The van der Waals surface area contributed by atoms with Crippen molar-refractivity contribution in [1.82, 2.24) is 0 Å². The topological polar surface area (TPSA) is 144 Å². The summed E-state index contributed by atoms with van der Waals surface area (Å²) >= 11 is 0. The van der Waals surface area contributed by atoms with Gasteiger partial charge in [0, 0.05) is 36.7 Å². The van der Waals surface area contributed by atoms with Crippen LogP contribution in [0.1, 0.15) is 93.9 Å². The fraction of sp³-hybridized carbons (Fsp3) is 0.727. The minimum atomic E-state index is -1.14. The number of ether oxygens (including phenoxy) is 2. The minimum Gasteiger partial charge on any atom is -0.478 e. The van der Waals surface area contributed by atoms with E-state index in [1.165, 1.54) is 13.8 Å². The molecule has 9 nitrogen and oxygen atoms in total. The summed E-state index contributed by atoms with van der Waals surface area (Å²) in [6.07, 6.45) is 3.93. The molecule has 9 heteroatoms. The molecule has 0 heterocycles. The van der Waals surface area contributed by atoms with Crippen LogP contribution in [0.4, 0.5) is 0 Å². The lowest BCUT2D eigenvalue weighted by molar-refractivity contribution is -0.207. The van der Waals surface area contributed by atoms with Crippen molar-refractivity contribution < 1.29 is 43.7 Å². The SMILES string of the molecule is CC(=O)OC1CC2(C)C(CCC3C4(C)C=CC(=O)C(C)C4C(OC(C)=O)C(=O)C32C)C1=C(CCCC(C)(C)O)C(=O)O. The van der Waals surface area contributed by atoms with Crippen molar-refractivity contribution in [1.29, 1.82) is 0 Å². The van der Waals surface area contributed by atoms with Crippen LogP contribution < -0.4 is 0 Å². The number of carboxylic acid groups (broad SMARTS) is 1. The molecule has 0 bridgehead atoms. The third-order valence-electron chi connectivity index (χ3n) is 11.3. The maximum absolute atomic E-state index is 14.8. The first-order valence-corrected chi connectivity index (χ1v) is 15.1. The van der Waals surface area contributed by atoms with Crippen molar-refractivity contribution in [2.75, 3.05) is 0 Å². The zero-order valence-electron chi connectivity index (χ0n) is 26.1. The van der Waals surface area contributed by atoms with Crippen LogP contribution in [-0.2, 0) is 33.4 Å². The molecule has 42 heavy (non-hydrogen) atoms. The number of hydrogen-bond acceptors (Lipinski definition) is 8. The molecule has 9 unspecified atom stereocenters. The van der Waals surface area contributed by atoms with Crippen molar-refractivity contribution in [2.24, 2.45) is 39.9 Å². The lowest BCUT2D eigenvalue weighted by atomic mass is 9.37. The molecule has 0 spiro atoms. The Morgan fingerprint density at radius 1 is 1.05 bits per heavy atom. The van der Waals surface area contributed by atoms with E-state index in [0.717, 1.165) is 0 Å². The molecule has 232 valence electrons. The van der Waals surface area contributed by atoms with E-state index in [-0.39, 0.29) is 41.8 Å². The van der Waals surface area contributed by atoms with Crippen LogP contribution in [0.5, 0.6) is 0 Å². The molecule has 4 aliphatic rings. The minimum absolute atomic E-state index is 0.107. The average Bonchev–Trinajstić information content (AvgIpc) is 3.13. The van der Waals surface area contributed by atoms with Gasteiger partial charge in [0.05, 0.1) is 5.60 Å². The van der Waals surface area contributed by atoms with Crippen molar-refractivity contribution in [3.63, 3.8) is 0 Å². The maximum Gasteiger partial charge on any atom is 0.331 e. The van der Waals surface area contributed by atoms with E-state index < -0.39 is 63.8 Å². The molecule has 3 saturated carbocycles. The molecule has 0 aromatic rings. The Balaban J connectivity index is 1.90. The van der Waals surface area contributed by atoms with Crippen molar-refractivity contribution in [3.05, 3.63) is 23.3 Å². The molecule has 4 aliphatic carbocycles. The molecule has 9 atom stereocenters. The molecule has 3 fully saturated rings. The van der Waals surface area contributed by atoms with E-state index in [4.69, 9.17) is 9.47 Å². The van der Waals surface area contributed by atoms with Gasteiger partial charge in [-0.1, -0.05) is 33.8 Å². The summed E-state index contributed by atoms with van der Waals surface area (Å²) < 4.78 is 11.6. The predicted octanol–water partition coefficient (Wildman–Crippen LogP) is 4.59. The van der Waals surface area contributed by atoms with Gasteiger partial charge in [0.25, 0.3) is 0 Å². The summed E-state index contributed by atoms with van der Waals surface area (Å²) in [6, 6.07) is 0. The summed E-state index contributed by atoms with van der Waals surface area (Å²) in [7, 11) is 0. The first-order chi connectivity index (χ1) is 19.3. The van der Waals surface area contributed by atoms with E-state index in [2.05, 4.69) is 0 Å². The van der Waals surface area contributed by atoms with Gasteiger partial charge in [0.1, 0.15) is 6.10 Å². The second-order valence-corrected chi connectivity index (χ2v) is 14.3. The molecule has 0 aromatic carbocycles. The third-order valence-corrected chi connectivity index (χ3v) is 11.3. The van der Waals surface area contributed by atoms with Crippen LogP contribution in [0, 0.1) is 39.9 Å². The lowest BCUT2D eigenvalue weighted by Crippen LogP contribution is -2.69. The highest BCUT2D eigenvalue weighted by Gasteiger charge is 2.74. The number of ketones is 2. The number of hydrogen-bond donors (Lipinski definition) is 2. The number of fused-ring (bicyclic) bond motifs is 5. The van der Waals surface area contributed by atoms with Crippen molar-refractivity contribution >= 4 is 29.5 Å². The number of carbonyl (C=O) groups excluding carboxylic acids is 4. The largest absolute Gasteiger partial charge is 0.478 e. The summed E-state index contributed by atoms with van der Waals surface area (Å²) in [4.78, 5) is 65.0. The Kier molecular flexibility index (Phi) is 8.20. The fourth-order valence-electron chi connectivity index (χ4n) is 9.38. The molecule has 4 rings (SSSR count). The van der Waals surface area contributed by atoms with Crippen LogP contribution in [0.3, 0.4) is 0 Å². The highest BCUT2D eigenvalue weighted by molar-refractivity contribution is 5.98. The van der Waals surface area contributed by atoms with E-state index in [1.807, 2.05) is 26.8 Å². The van der Waals surface area contributed by atoms with Gasteiger partial charge in [-0.05, 0) is 86.7 Å². The zero-order chi connectivity index (χ0) is 31.6. The Labute approximate surface area is 248 Å². The van der Waals surface area contributed by atoms with Crippen molar-refractivity contribution in [2.45, 2.75) is 112 Å². The highest BCUT2D eigenvalue weighted by atomic mass is 16.5. The van der Waals surface area contributed by atoms with E-state index in [0.29, 0.717) is 31.3 Å². The zero-order valence-corrected chi connectivity index (χ0v) is 26.1. The van der Waals surface area contributed by atoms with Crippen LogP contribution in [0.25, 0.3) is 0 Å². The van der Waals surface area contributed by atoms with E-state index >= 15 is 0 Å². The van der Waals surface area contributed by atoms with Crippen LogP contribution in [0.15, 0.2) is 23.3 Å². The fourth-order valence-corrected chi connectivity index (χ4v) is 9.38. The number of rotatable bonds is 7. The lowest BCUT2D eigenvalue weighted by Gasteiger charge is -2.66. The molecular formula is C33H46O9. The number of carbonyl (C=O) groups is 5. The molecule has 0 radical (unpaired) electrons. The van der Waals surface area contributed by atoms with Crippen molar-refractivity contribution in [3.8, 4) is 0 Å². The van der Waals surface area contributed by atoms with Crippen LogP contribution in [0.2, 0.25) is 0 Å². The Morgan fingerprint density at radius 2 is 1.67 bits per heavy atom. The Morgan fingerprint density at radius 3 is 2.21 bits per heavy atom. The molecule has 0 aromatic heterocycles. The quantitative estimate of drug-likeness (QED) is 0.323.